The average Bonchev–Trinajstić information content (AvgIpc) is 2.38. The second kappa shape index (κ2) is 5.41. The molecule has 2 rings (SSSR count). The molecular formula is C14H20O3. The van der Waals surface area contributed by atoms with Crippen LogP contribution in [0.15, 0.2) is 18.2 Å². The third-order valence-electron chi connectivity index (χ3n) is 3.53. The fraction of sp³-hybridized carbons (Fsp3) is 0.571. The van der Waals surface area contributed by atoms with Crippen LogP contribution in [0.1, 0.15) is 37.2 Å². The Morgan fingerprint density at radius 2 is 1.59 bits per heavy atom. The molecule has 1 aliphatic rings. The number of ether oxygens (including phenoxy) is 2. The Balaban J connectivity index is 2.29. The van der Waals surface area contributed by atoms with Crippen LogP contribution in [0, 0.1) is 0 Å². The largest absolute Gasteiger partial charge is 0.497 e. The summed E-state index contributed by atoms with van der Waals surface area (Å²) in [6.07, 6.45) is 4.00. The lowest BCUT2D eigenvalue weighted by Gasteiger charge is -2.28. The van der Waals surface area contributed by atoms with Crippen LogP contribution < -0.4 is 9.47 Å². The first-order chi connectivity index (χ1) is 8.24. The third-order valence-corrected chi connectivity index (χ3v) is 3.53. The van der Waals surface area contributed by atoms with Gasteiger partial charge in [0, 0.05) is 12.0 Å². The van der Waals surface area contributed by atoms with Crippen LogP contribution in [0.4, 0.5) is 0 Å². The molecule has 17 heavy (non-hydrogen) atoms. The van der Waals surface area contributed by atoms with Crippen LogP contribution in [-0.2, 0) is 0 Å². The molecule has 0 spiro atoms. The van der Waals surface area contributed by atoms with E-state index < -0.39 is 0 Å². The molecule has 1 fully saturated rings. The van der Waals surface area contributed by atoms with Crippen molar-refractivity contribution in [1.29, 1.82) is 0 Å². The van der Waals surface area contributed by atoms with Crippen LogP contribution in [0.2, 0.25) is 0 Å². The van der Waals surface area contributed by atoms with Crippen molar-refractivity contribution >= 4 is 0 Å². The summed E-state index contributed by atoms with van der Waals surface area (Å²) >= 11 is 0. The lowest BCUT2D eigenvalue weighted by atomic mass is 9.81. The number of aliphatic hydroxyl groups excluding tert-OH is 1. The van der Waals surface area contributed by atoms with Gasteiger partial charge in [-0.05, 0) is 30.5 Å². The van der Waals surface area contributed by atoms with Crippen molar-refractivity contribution < 1.29 is 14.6 Å². The number of hydrogen-bond donors (Lipinski definition) is 1. The quantitative estimate of drug-likeness (QED) is 0.877. The predicted octanol–water partition coefficient (Wildman–Crippen LogP) is 2.72. The fourth-order valence-corrected chi connectivity index (χ4v) is 2.54. The number of hydrogen-bond acceptors (Lipinski definition) is 3. The normalized spacial score (nSPS) is 24.4. The van der Waals surface area contributed by atoms with Gasteiger partial charge >= 0.3 is 0 Å². The van der Waals surface area contributed by atoms with Crippen LogP contribution in [-0.4, -0.2) is 25.4 Å². The fourth-order valence-electron chi connectivity index (χ4n) is 2.54. The molecule has 2 atom stereocenters. The van der Waals surface area contributed by atoms with E-state index >= 15 is 0 Å². The Hall–Kier alpha value is -1.22. The second-order valence-corrected chi connectivity index (χ2v) is 4.60. The van der Waals surface area contributed by atoms with E-state index in [2.05, 4.69) is 0 Å². The minimum atomic E-state index is -0.236. The molecule has 0 radical (unpaired) electrons. The lowest BCUT2D eigenvalue weighted by Crippen LogP contribution is -2.22. The molecule has 0 unspecified atom stereocenters. The molecule has 94 valence electrons. The number of benzene rings is 1. The summed E-state index contributed by atoms with van der Waals surface area (Å²) in [6.45, 7) is 0. The zero-order valence-electron chi connectivity index (χ0n) is 10.5. The predicted molar refractivity (Wildman–Crippen MR) is 66.8 cm³/mol. The number of rotatable bonds is 3. The SMILES string of the molecule is COc1cc(OC)cc([C@@H]2CCCC[C@H]2O)c1. The highest BCUT2D eigenvalue weighted by molar-refractivity contribution is 5.40. The van der Waals surface area contributed by atoms with E-state index in [1.165, 1.54) is 6.42 Å². The maximum absolute atomic E-state index is 10.1. The molecular weight excluding hydrogens is 216 g/mol. The van der Waals surface area contributed by atoms with E-state index in [1.54, 1.807) is 14.2 Å². The van der Waals surface area contributed by atoms with Crippen LogP contribution >= 0.6 is 0 Å². The first kappa shape index (κ1) is 12.2. The highest BCUT2D eigenvalue weighted by Crippen LogP contribution is 2.36. The van der Waals surface area contributed by atoms with Gasteiger partial charge in [-0.25, -0.2) is 0 Å². The highest BCUT2D eigenvalue weighted by atomic mass is 16.5. The second-order valence-electron chi connectivity index (χ2n) is 4.60. The van der Waals surface area contributed by atoms with E-state index in [9.17, 15) is 5.11 Å². The summed E-state index contributed by atoms with van der Waals surface area (Å²) in [5.41, 5.74) is 1.12. The van der Waals surface area contributed by atoms with Gasteiger partial charge in [-0.15, -0.1) is 0 Å². The lowest BCUT2D eigenvalue weighted by molar-refractivity contribution is 0.106. The summed E-state index contributed by atoms with van der Waals surface area (Å²) < 4.78 is 10.5. The van der Waals surface area contributed by atoms with Gasteiger partial charge in [-0.1, -0.05) is 12.8 Å². The zero-order valence-corrected chi connectivity index (χ0v) is 10.5. The Morgan fingerprint density at radius 3 is 2.12 bits per heavy atom. The molecule has 0 aromatic heterocycles. The minimum Gasteiger partial charge on any atom is -0.497 e. The van der Waals surface area contributed by atoms with Crippen molar-refractivity contribution in [2.45, 2.75) is 37.7 Å². The van der Waals surface area contributed by atoms with Crippen LogP contribution in [0.3, 0.4) is 0 Å². The van der Waals surface area contributed by atoms with E-state index in [4.69, 9.17) is 9.47 Å². The molecule has 0 saturated heterocycles. The van der Waals surface area contributed by atoms with Crippen LogP contribution in [0.5, 0.6) is 11.5 Å². The van der Waals surface area contributed by atoms with Gasteiger partial charge in [0.2, 0.25) is 0 Å². The Morgan fingerprint density at radius 1 is 1.00 bits per heavy atom. The van der Waals surface area contributed by atoms with Crippen LogP contribution in [0.25, 0.3) is 0 Å². The Bertz CT molecular complexity index is 353. The van der Waals surface area contributed by atoms with Gasteiger partial charge < -0.3 is 14.6 Å². The van der Waals surface area contributed by atoms with E-state index in [0.717, 1.165) is 36.3 Å². The average molecular weight is 236 g/mol. The summed E-state index contributed by atoms with van der Waals surface area (Å²) in [6, 6.07) is 5.86. The summed E-state index contributed by atoms with van der Waals surface area (Å²) in [7, 11) is 3.30. The molecule has 0 amide bonds. The molecule has 1 aromatic carbocycles. The maximum atomic E-state index is 10.1. The molecule has 0 bridgehead atoms. The first-order valence-corrected chi connectivity index (χ1v) is 6.15. The van der Waals surface area contributed by atoms with E-state index in [0.29, 0.717) is 0 Å². The van der Waals surface area contributed by atoms with Crippen molar-refractivity contribution in [3.63, 3.8) is 0 Å². The third kappa shape index (κ3) is 2.72. The van der Waals surface area contributed by atoms with Crippen molar-refractivity contribution in [3.8, 4) is 11.5 Å². The molecule has 3 nitrogen and oxygen atoms in total. The van der Waals surface area contributed by atoms with E-state index in [-0.39, 0.29) is 12.0 Å². The Kier molecular flexibility index (Phi) is 3.89. The van der Waals surface area contributed by atoms with Crippen molar-refractivity contribution in [1.82, 2.24) is 0 Å². The smallest absolute Gasteiger partial charge is 0.122 e. The molecule has 1 aromatic rings. The number of methoxy groups -OCH3 is 2. The minimum absolute atomic E-state index is 0.216. The highest BCUT2D eigenvalue weighted by Gasteiger charge is 2.25. The van der Waals surface area contributed by atoms with Crippen molar-refractivity contribution in [3.05, 3.63) is 23.8 Å². The molecule has 0 heterocycles. The molecule has 1 aliphatic carbocycles. The van der Waals surface area contributed by atoms with Gasteiger partial charge in [-0.2, -0.15) is 0 Å². The molecule has 3 heteroatoms. The van der Waals surface area contributed by atoms with Gasteiger partial charge in [0.05, 0.1) is 20.3 Å². The Labute approximate surface area is 102 Å². The van der Waals surface area contributed by atoms with Crippen molar-refractivity contribution in [2.24, 2.45) is 0 Å². The maximum Gasteiger partial charge on any atom is 0.122 e. The van der Waals surface area contributed by atoms with E-state index in [1.807, 2.05) is 18.2 Å². The molecule has 0 aliphatic heterocycles. The first-order valence-electron chi connectivity index (χ1n) is 6.15. The number of aliphatic hydroxyl groups is 1. The molecule has 1 N–H and O–H groups in total. The summed E-state index contributed by atoms with van der Waals surface area (Å²) in [5, 5.41) is 10.1. The zero-order chi connectivity index (χ0) is 12.3. The summed E-state index contributed by atoms with van der Waals surface area (Å²) in [5.74, 6) is 1.79. The van der Waals surface area contributed by atoms with Gasteiger partial charge in [0.1, 0.15) is 11.5 Å². The van der Waals surface area contributed by atoms with Crippen molar-refractivity contribution in [2.75, 3.05) is 14.2 Å². The van der Waals surface area contributed by atoms with Gasteiger partial charge in [-0.3, -0.25) is 0 Å². The standard InChI is InChI=1S/C14H20O3/c1-16-11-7-10(8-12(9-11)17-2)13-5-3-4-6-14(13)15/h7-9,13-15H,3-6H2,1-2H3/t13-,14+/m0/s1. The van der Waals surface area contributed by atoms with Gasteiger partial charge in [0.25, 0.3) is 0 Å². The molecule has 1 saturated carbocycles. The topological polar surface area (TPSA) is 38.7 Å². The monoisotopic (exact) mass is 236 g/mol. The summed E-state index contributed by atoms with van der Waals surface area (Å²) in [4.78, 5) is 0. The van der Waals surface area contributed by atoms with Gasteiger partial charge in [0.15, 0.2) is 0 Å².